The number of aliphatic carboxylic acids is 1. The lowest BCUT2D eigenvalue weighted by Crippen LogP contribution is -2.26. The normalized spacial score (nSPS) is 18.9. The zero-order valence-corrected chi connectivity index (χ0v) is 10.2. The number of H-pyrrole nitrogens is 1. The Labute approximate surface area is 108 Å². The van der Waals surface area contributed by atoms with E-state index in [1.165, 1.54) is 0 Å². The quantitative estimate of drug-likeness (QED) is 0.834. The van der Waals surface area contributed by atoms with Gasteiger partial charge >= 0.3 is 5.97 Å². The molecule has 2 aromatic rings. The summed E-state index contributed by atoms with van der Waals surface area (Å²) in [7, 11) is 0. The number of carbonyl (C=O) groups is 1. The van der Waals surface area contributed by atoms with E-state index < -0.39 is 11.9 Å². The number of nitrogens with zero attached hydrogens (tertiary/aromatic N) is 2. The van der Waals surface area contributed by atoms with Crippen LogP contribution in [0.15, 0.2) is 29.1 Å². The van der Waals surface area contributed by atoms with Crippen molar-refractivity contribution in [3.63, 3.8) is 0 Å². The van der Waals surface area contributed by atoms with Crippen molar-refractivity contribution in [1.82, 2.24) is 9.97 Å². The Balaban J connectivity index is 1.98. The van der Waals surface area contributed by atoms with E-state index in [1.807, 2.05) is 11.0 Å². The molecule has 1 aromatic carbocycles. The molecule has 0 saturated carbocycles. The Morgan fingerprint density at radius 2 is 2.21 bits per heavy atom. The van der Waals surface area contributed by atoms with E-state index in [0.717, 1.165) is 0 Å². The Morgan fingerprint density at radius 1 is 1.42 bits per heavy atom. The van der Waals surface area contributed by atoms with Gasteiger partial charge in [-0.2, -0.15) is 0 Å². The molecular weight excluding hydrogens is 246 g/mol. The molecular formula is C13H13N3O3. The zero-order valence-electron chi connectivity index (χ0n) is 10.2. The molecule has 1 aliphatic rings. The van der Waals surface area contributed by atoms with Crippen molar-refractivity contribution >= 4 is 22.8 Å². The van der Waals surface area contributed by atoms with Gasteiger partial charge in [-0.3, -0.25) is 14.6 Å². The van der Waals surface area contributed by atoms with E-state index in [9.17, 15) is 9.59 Å². The number of aromatic nitrogens is 2. The van der Waals surface area contributed by atoms with Crippen LogP contribution in [-0.4, -0.2) is 34.1 Å². The summed E-state index contributed by atoms with van der Waals surface area (Å²) in [5, 5.41) is 9.53. The molecule has 6 nitrogen and oxygen atoms in total. The predicted octanol–water partition coefficient (Wildman–Crippen LogP) is 0.834. The van der Waals surface area contributed by atoms with Crippen LogP contribution in [0.1, 0.15) is 6.42 Å². The van der Waals surface area contributed by atoms with Crippen LogP contribution >= 0.6 is 0 Å². The maximum atomic E-state index is 11.9. The van der Waals surface area contributed by atoms with E-state index in [0.29, 0.717) is 36.4 Å². The first-order chi connectivity index (χ1) is 9.15. The van der Waals surface area contributed by atoms with Crippen molar-refractivity contribution in [1.29, 1.82) is 0 Å². The first kappa shape index (κ1) is 11.7. The highest BCUT2D eigenvalue weighted by molar-refractivity contribution is 5.78. The molecule has 1 atom stereocenters. The van der Waals surface area contributed by atoms with Crippen molar-refractivity contribution in [2.45, 2.75) is 6.42 Å². The molecule has 3 rings (SSSR count). The van der Waals surface area contributed by atoms with Crippen LogP contribution in [0.25, 0.3) is 10.9 Å². The summed E-state index contributed by atoms with van der Waals surface area (Å²) in [4.78, 5) is 31.8. The average molecular weight is 259 g/mol. The molecule has 1 aromatic heterocycles. The number of benzene rings is 1. The van der Waals surface area contributed by atoms with Crippen LogP contribution in [0.5, 0.6) is 0 Å². The van der Waals surface area contributed by atoms with Gasteiger partial charge < -0.3 is 10.0 Å². The summed E-state index contributed by atoms with van der Waals surface area (Å²) in [6.07, 6.45) is 0.575. The Bertz CT molecular complexity index is 695. The van der Waals surface area contributed by atoms with E-state index in [4.69, 9.17) is 5.11 Å². The summed E-state index contributed by atoms with van der Waals surface area (Å²) in [5.41, 5.74) is 0.430. The van der Waals surface area contributed by atoms with Crippen molar-refractivity contribution in [3.05, 3.63) is 34.6 Å². The number of hydrogen-bond donors (Lipinski definition) is 2. The molecule has 0 spiro atoms. The number of carboxylic acid groups (broad SMARTS) is 1. The SMILES string of the molecule is O=C(O)[C@H]1CCN(c2nc3ccccc3c(=O)[nH]2)C1. The number of hydrogen-bond acceptors (Lipinski definition) is 4. The monoisotopic (exact) mass is 259 g/mol. The van der Waals surface area contributed by atoms with Crippen LogP contribution in [0.2, 0.25) is 0 Å². The molecule has 0 radical (unpaired) electrons. The summed E-state index contributed by atoms with van der Waals surface area (Å²) >= 11 is 0. The highest BCUT2D eigenvalue weighted by Crippen LogP contribution is 2.21. The third kappa shape index (κ3) is 2.05. The second kappa shape index (κ2) is 4.38. The van der Waals surface area contributed by atoms with Crippen LogP contribution in [0, 0.1) is 5.92 Å². The fraction of sp³-hybridized carbons (Fsp3) is 0.308. The Morgan fingerprint density at radius 3 is 2.95 bits per heavy atom. The number of fused-ring (bicyclic) bond motifs is 1. The Kier molecular flexibility index (Phi) is 2.70. The summed E-state index contributed by atoms with van der Waals surface area (Å²) in [6, 6.07) is 7.10. The molecule has 19 heavy (non-hydrogen) atoms. The number of rotatable bonds is 2. The minimum absolute atomic E-state index is 0.195. The van der Waals surface area contributed by atoms with Gasteiger partial charge in [-0.15, -0.1) is 0 Å². The molecule has 0 amide bonds. The molecule has 2 N–H and O–H groups in total. The van der Waals surface area contributed by atoms with Gasteiger partial charge in [-0.05, 0) is 18.6 Å². The summed E-state index contributed by atoms with van der Waals surface area (Å²) in [6.45, 7) is 0.981. The number of nitrogens with one attached hydrogen (secondary N) is 1. The summed E-state index contributed by atoms with van der Waals surface area (Å²) < 4.78 is 0. The van der Waals surface area contributed by atoms with Crippen LogP contribution in [-0.2, 0) is 4.79 Å². The van der Waals surface area contributed by atoms with E-state index in [-0.39, 0.29) is 5.56 Å². The van der Waals surface area contributed by atoms with Crippen molar-refractivity contribution in [3.8, 4) is 0 Å². The zero-order chi connectivity index (χ0) is 13.4. The number of para-hydroxylation sites is 1. The number of carboxylic acids is 1. The van der Waals surface area contributed by atoms with Gasteiger partial charge in [0.1, 0.15) is 0 Å². The molecule has 0 unspecified atom stereocenters. The predicted molar refractivity (Wildman–Crippen MR) is 70.3 cm³/mol. The second-order valence-electron chi connectivity index (χ2n) is 4.68. The largest absolute Gasteiger partial charge is 0.481 e. The van der Waals surface area contributed by atoms with E-state index in [2.05, 4.69) is 9.97 Å². The first-order valence-corrected chi connectivity index (χ1v) is 6.12. The van der Waals surface area contributed by atoms with Crippen LogP contribution < -0.4 is 10.5 Å². The summed E-state index contributed by atoms with van der Waals surface area (Å²) in [5.74, 6) is -0.741. The number of anilines is 1. The average Bonchev–Trinajstić information content (AvgIpc) is 2.88. The van der Waals surface area contributed by atoms with Gasteiger partial charge in [-0.1, -0.05) is 12.1 Å². The molecule has 1 fully saturated rings. The standard InChI is InChI=1S/C13H13N3O3/c17-11-9-3-1-2-4-10(9)14-13(15-11)16-6-5-8(7-16)12(18)19/h1-4,8H,5-7H2,(H,18,19)(H,14,15,17)/t8-/m0/s1. The lowest BCUT2D eigenvalue weighted by molar-refractivity contribution is -0.140. The highest BCUT2D eigenvalue weighted by Gasteiger charge is 2.29. The topological polar surface area (TPSA) is 86.3 Å². The van der Waals surface area contributed by atoms with E-state index in [1.54, 1.807) is 18.2 Å². The Hall–Kier alpha value is -2.37. The van der Waals surface area contributed by atoms with Crippen molar-refractivity contribution in [2.24, 2.45) is 5.92 Å². The molecule has 2 heterocycles. The fourth-order valence-corrected chi connectivity index (χ4v) is 2.38. The molecule has 1 saturated heterocycles. The molecule has 0 bridgehead atoms. The maximum Gasteiger partial charge on any atom is 0.308 e. The lowest BCUT2D eigenvalue weighted by atomic mass is 10.1. The van der Waals surface area contributed by atoms with Crippen molar-refractivity contribution < 1.29 is 9.90 Å². The molecule has 0 aliphatic carbocycles. The second-order valence-corrected chi connectivity index (χ2v) is 4.68. The van der Waals surface area contributed by atoms with Gasteiger partial charge in [0.15, 0.2) is 0 Å². The van der Waals surface area contributed by atoms with Crippen LogP contribution in [0.4, 0.5) is 5.95 Å². The molecule has 1 aliphatic heterocycles. The fourth-order valence-electron chi connectivity index (χ4n) is 2.38. The minimum Gasteiger partial charge on any atom is -0.481 e. The third-order valence-corrected chi connectivity index (χ3v) is 3.44. The maximum absolute atomic E-state index is 11.9. The van der Waals surface area contributed by atoms with Crippen molar-refractivity contribution in [2.75, 3.05) is 18.0 Å². The molecule has 6 heteroatoms. The van der Waals surface area contributed by atoms with Gasteiger partial charge in [0, 0.05) is 13.1 Å². The van der Waals surface area contributed by atoms with Gasteiger partial charge in [0.05, 0.1) is 16.8 Å². The molecule has 98 valence electrons. The lowest BCUT2D eigenvalue weighted by Gasteiger charge is -2.16. The smallest absolute Gasteiger partial charge is 0.308 e. The van der Waals surface area contributed by atoms with Gasteiger partial charge in [0.2, 0.25) is 5.95 Å². The third-order valence-electron chi connectivity index (χ3n) is 3.44. The minimum atomic E-state index is -0.800. The van der Waals surface area contributed by atoms with Gasteiger partial charge in [0.25, 0.3) is 5.56 Å². The van der Waals surface area contributed by atoms with E-state index >= 15 is 0 Å². The first-order valence-electron chi connectivity index (χ1n) is 6.12. The van der Waals surface area contributed by atoms with Crippen LogP contribution in [0.3, 0.4) is 0 Å². The number of aromatic amines is 1. The highest BCUT2D eigenvalue weighted by atomic mass is 16.4. The van der Waals surface area contributed by atoms with Gasteiger partial charge in [-0.25, -0.2) is 4.98 Å².